The van der Waals surface area contributed by atoms with Gasteiger partial charge in [0.15, 0.2) is 11.5 Å². The van der Waals surface area contributed by atoms with Crippen molar-refractivity contribution in [2.75, 3.05) is 19.9 Å². The van der Waals surface area contributed by atoms with Gasteiger partial charge in [0.1, 0.15) is 0 Å². The van der Waals surface area contributed by atoms with Gasteiger partial charge in [-0.05, 0) is 17.7 Å². The molecule has 7 heteroatoms. The first-order valence-electron chi connectivity index (χ1n) is 5.39. The number of ether oxygens (including phenoxy) is 2. The molecule has 1 atom stereocenters. The van der Waals surface area contributed by atoms with Gasteiger partial charge in [-0.3, -0.25) is 0 Å². The van der Waals surface area contributed by atoms with Crippen LogP contribution in [0.4, 0.5) is 13.2 Å². The number of hydrogen-bond donors (Lipinski definition) is 2. The van der Waals surface area contributed by atoms with Crippen LogP contribution < -0.4 is 20.5 Å². The number of hydrogen-bond acceptors (Lipinski definition) is 4. The van der Waals surface area contributed by atoms with E-state index in [4.69, 9.17) is 15.2 Å². The van der Waals surface area contributed by atoms with Crippen molar-refractivity contribution in [3.05, 3.63) is 23.8 Å². The molecule has 0 saturated heterocycles. The first kappa shape index (κ1) is 13.0. The third-order valence-corrected chi connectivity index (χ3v) is 2.58. The van der Waals surface area contributed by atoms with Gasteiger partial charge in [0, 0.05) is 12.6 Å². The fourth-order valence-corrected chi connectivity index (χ4v) is 1.71. The number of halogens is 3. The fourth-order valence-electron chi connectivity index (χ4n) is 1.71. The Morgan fingerprint density at radius 2 is 2.00 bits per heavy atom. The summed E-state index contributed by atoms with van der Waals surface area (Å²) in [5.74, 6) is 1.12. The second-order valence-corrected chi connectivity index (χ2v) is 3.90. The number of nitrogens with one attached hydrogen (secondary N) is 1. The lowest BCUT2D eigenvalue weighted by Gasteiger charge is -2.18. The lowest BCUT2D eigenvalue weighted by atomic mass is 10.1. The molecule has 0 radical (unpaired) electrons. The van der Waals surface area contributed by atoms with Crippen LogP contribution in [0.2, 0.25) is 0 Å². The van der Waals surface area contributed by atoms with E-state index in [0.29, 0.717) is 17.1 Å². The molecule has 0 bridgehead atoms. The van der Waals surface area contributed by atoms with E-state index in [1.165, 1.54) is 0 Å². The maximum atomic E-state index is 12.1. The van der Waals surface area contributed by atoms with E-state index in [-0.39, 0.29) is 13.3 Å². The maximum absolute atomic E-state index is 12.1. The van der Waals surface area contributed by atoms with Gasteiger partial charge < -0.3 is 20.5 Å². The molecule has 1 aromatic rings. The zero-order valence-electron chi connectivity index (χ0n) is 9.46. The topological polar surface area (TPSA) is 56.5 Å². The molecule has 100 valence electrons. The van der Waals surface area contributed by atoms with Crippen LogP contribution in [0.5, 0.6) is 11.5 Å². The quantitative estimate of drug-likeness (QED) is 0.864. The largest absolute Gasteiger partial charge is 0.454 e. The van der Waals surface area contributed by atoms with Gasteiger partial charge in [0.2, 0.25) is 6.79 Å². The van der Waals surface area contributed by atoms with E-state index in [1.54, 1.807) is 18.2 Å². The highest BCUT2D eigenvalue weighted by molar-refractivity contribution is 5.45. The maximum Gasteiger partial charge on any atom is 0.401 e. The summed E-state index contributed by atoms with van der Waals surface area (Å²) >= 11 is 0. The standard InChI is InChI=1S/C11H13F3N2O2/c12-11(13,14)5-16-8(4-15)7-1-2-9-10(3-7)18-6-17-9/h1-3,8,16H,4-6,15H2. The molecule has 1 aliphatic heterocycles. The van der Waals surface area contributed by atoms with E-state index >= 15 is 0 Å². The minimum atomic E-state index is -4.26. The van der Waals surface area contributed by atoms with Crippen molar-refractivity contribution in [1.29, 1.82) is 0 Å². The van der Waals surface area contributed by atoms with E-state index in [2.05, 4.69) is 5.32 Å². The van der Waals surface area contributed by atoms with Gasteiger partial charge in [-0.1, -0.05) is 6.07 Å². The minimum absolute atomic E-state index is 0.0652. The Morgan fingerprint density at radius 1 is 1.28 bits per heavy atom. The van der Waals surface area contributed by atoms with Gasteiger partial charge in [-0.25, -0.2) is 0 Å². The predicted molar refractivity (Wildman–Crippen MR) is 58.4 cm³/mol. The molecule has 18 heavy (non-hydrogen) atoms. The SMILES string of the molecule is NCC(NCC(F)(F)F)c1ccc2c(c1)OCO2. The van der Waals surface area contributed by atoms with Crippen molar-refractivity contribution in [1.82, 2.24) is 5.32 Å². The molecule has 0 amide bonds. The van der Waals surface area contributed by atoms with Crippen LogP contribution in [0, 0.1) is 0 Å². The van der Waals surface area contributed by atoms with Crippen LogP contribution >= 0.6 is 0 Å². The average molecular weight is 262 g/mol. The summed E-state index contributed by atoms with van der Waals surface area (Å²) in [5, 5.41) is 2.37. The lowest BCUT2D eigenvalue weighted by molar-refractivity contribution is -0.126. The summed E-state index contributed by atoms with van der Waals surface area (Å²) < 4.78 is 46.7. The molecule has 3 N–H and O–H groups in total. The molecule has 1 aromatic carbocycles. The van der Waals surface area contributed by atoms with E-state index in [0.717, 1.165) is 0 Å². The van der Waals surface area contributed by atoms with E-state index in [9.17, 15) is 13.2 Å². The van der Waals surface area contributed by atoms with Crippen molar-refractivity contribution < 1.29 is 22.6 Å². The van der Waals surface area contributed by atoms with Crippen LogP contribution in [-0.2, 0) is 0 Å². The molecule has 1 unspecified atom stereocenters. The summed E-state index contributed by atoms with van der Waals surface area (Å²) in [6.07, 6.45) is -4.26. The van der Waals surface area contributed by atoms with Crippen LogP contribution in [-0.4, -0.2) is 26.1 Å². The van der Waals surface area contributed by atoms with Gasteiger partial charge in [0.25, 0.3) is 0 Å². The molecule has 1 heterocycles. The van der Waals surface area contributed by atoms with Crippen molar-refractivity contribution in [3.63, 3.8) is 0 Å². The van der Waals surface area contributed by atoms with Crippen molar-refractivity contribution in [2.45, 2.75) is 12.2 Å². The number of rotatable bonds is 4. The van der Waals surface area contributed by atoms with Gasteiger partial charge >= 0.3 is 6.18 Å². The first-order chi connectivity index (χ1) is 8.49. The number of alkyl halides is 3. The molecule has 0 aliphatic carbocycles. The van der Waals surface area contributed by atoms with E-state index < -0.39 is 18.8 Å². The Labute approximate surface area is 102 Å². The summed E-state index contributed by atoms with van der Waals surface area (Å²) in [7, 11) is 0. The molecule has 4 nitrogen and oxygen atoms in total. The summed E-state index contributed by atoms with van der Waals surface area (Å²) in [6, 6.07) is 4.41. The van der Waals surface area contributed by atoms with Crippen molar-refractivity contribution in [3.8, 4) is 11.5 Å². The number of fused-ring (bicyclic) bond motifs is 1. The lowest BCUT2D eigenvalue weighted by Crippen LogP contribution is -2.35. The van der Waals surface area contributed by atoms with E-state index in [1.807, 2.05) is 0 Å². The van der Waals surface area contributed by atoms with Gasteiger partial charge in [0.05, 0.1) is 6.54 Å². The molecule has 0 fully saturated rings. The zero-order valence-corrected chi connectivity index (χ0v) is 9.46. The van der Waals surface area contributed by atoms with Crippen LogP contribution in [0.3, 0.4) is 0 Å². The van der Waals surface area contributed by atoms with Crippen molar-refractivity contribution >= 4 is 0 Å². The Bertz CT molecular complexity index is 423. The fraction of sp³-hybridized carbons (Fsp3) is 0.455. The summed E-state index contributed by atoms with van der Waals surface area (Å²) in [4.78, 5) is 0. The molecular weight excluding hydrogens is 249 g/mol. The molecule has 0 aromatic heterocycles. The third-order valence-electron chi connectivity index (χ3n) is 2.58. The Morgan fingerprint density at radius 3 is 2.67 bits per heavy atom. The van der Waals surface area contributed by atoms with Gasteiger partial charge in [-0.2, -0.15) is 13.2 Å². The second kappa shape index (κ2) is 5.03. The Balaban J connectivity index is 2.08. The number of benzene rings is 1. The van der Waals surface area contributed by atoms with Crippen LogP contribution in [0.25, 0.3) is 0 Å². The summed E-state index contributed by atoms with van der Waals surface area (Å²) in [6.45, 7) is -0.888. The predicted octanol–water partition coefficient (Wildman–Crippen LogP) is 1.57. The monoisotopic (exact) mass is 262 g/mol. The van der Waals surface area contributed by atoms with Crippen LogP contribution in [0.15, 0.2) is 18.2 Å². The Hall–Kier alpha value is -1.47. The second-order valence-electron chi connectivity index (χ2n) is 3.90. The highest BCUT2D eigenvalue weighted by atomic mass is 19.4. The molecular formula is C11H13F3N2O2. The normalized spacial score (nSPS) is 15.8. The molecule has 0 spiro atoms. The summed E-state index contributed by atoms with van der Waals surface area (Å²) in [5.41, 5.74) is 6.12. The smallest absolute Gasteiger partial charge is 0.401 e. The molecule has 1 aliphatic rings. The molecule has 2 rings (SSSR count). The van der Waals surface area contributed by atoms with Crippen molar-refractivity contribution in [2.24, 2.45) is 5.73 Å². The zero-order chi connectivity index (χ0) is 13.2. The average Bonchev–Trinajstić information content (AvgIpc) is 2.75. The third kappa shape index (κ3) is 3.05. The number of nitrogens with two attached hydrogens (primary N) is 1. The Kier molecular flexibility index (Phi) is 3.63. The minimum Gasteiger partial charge on any atom is -0.454 e. The van der Waals surface area contributed by atoms with Crippen LogP contribution in [0.1, 0.15) is 11.6 Å². The first-order valence-corrected chi connectivity index (χ1v) is 5.39. The van der Waals surface area contributed by atoms with Gasteiger partial charge in [-0.15, -0.1) is 0 Å². The highest BCUT2D eigenvalue weighted by Gasteiger charge is 2.28. The highest BCUT2D eigenvalue weighted by Crippen LogP contribution is 2.34. The molecule has 0 saturated carbocycles.